The molecule has 1 fully saturated rings. The van der Waals surface area contributed by atoms with Crippen LogP contribution in [0, 0.1) is 0 Å². The molecule has 0 saturated carbocycles. The fraction of sp³-hybridized carbons (Fsp3) is 0.400. The van der Waals surface area contributed by atoms with Gasteiger partial charge in [0.2, 0.25) is 10.0 Å². The predicted octanol–water partition coefficient (Wildman–Crippen LogP) is 4.01. The molecule has 3 rings (SSSR count). The van der Waals surface area contributed by atoms with Crippen LogP contribution in [0.2, 0.25) is 0 Å². The molecule has 2 heterocycles. The van der Waals surface area contributed by atoms with Crippen LogP contribution in [0.4, 0.5) is 5.69 Å². The van der Waals surface area contributed by atoms with Gasteiger partial charge in [-0.15, -0.1) is 11.8 Å². The maximum atomic E-state index is 12.9. The average molecular weight is 420 g/mol. The molecule has 2 aromatic rings. The summed E-state index contributed by atoms with van der Waals surface area (Å²) in [6.45, 7) is 4.54. The standard InChI is InChI=1S/C20H25N3O3S2/c1-3-27-19-12-9-17(14-21-19)22-20(24)16-7-10-18(11-8-16)28(25,26)23-13-5-4-6-15(23)2/h7-12,14-15H,3-6,13H2,1-2H3,(H,22,24). The van der Waals surface area contributed by atoms with E-state index in [0.717, 1.165) is 30.0 Å². The van der Waals surface area contributed by atoms with Gasteiger partial charge in [-0.05, 0) is 61.9 Å². The lowest BCUT2D eigenvalue weighted by Gasteiger charge is -2.32. The molecule has 28 heavy (non-hydrogen) atoms. The molecule has 1 amide bonds. The first-order chi connectivity index (χ1) is 13.4. The Morgan fingerprint density at radius 3 is 2.57 bits per heavy atom. The van der Waals surface area contributed by atoms with Gasteiger partial charge in [0.25, 0.3) is 5.91 Å². The highest BCUT2D eigenvalue weighted by atomic mass is 32.2. The van der Waals surface area contributed by atoms with E-state index in [1.165, 1.54) is 12.1 Å². The summed E-state index contributed by atoms with van der Waals surface area (Å²) in [5, 5.41) is 3.69. The first-order valence-electron chi connectivity index (χ1n) is 9.44. The van der Waals surface area contributed by atoms with Crippen LogP contribution >= 0.6 is 11.8 Å². The zero-order valence-corrected chi connectivity index (χ0v) is 17.7. The van der Waals surface area contributed by atoms with Crippen molar-refractivity contribution in [1.82, 2.24) is 9.29 Å². The van der Waals surface area contributed by atoms with Crippen molar-refractivity contribution >= 4 is 33.4 Å². The number of thioether (sulfide) groups is 1. The molecule has 6 nitrogen and oxygen atoms in total. The molecule has 0 bridgehead atoms. The van der Waals surface area contributed by atoms with Crippen molar-refractivity contribution in [3.8, 4) is 0 Å². The number of carbonyl (C=O) groups excluding carboxylic acids is 1. The monoisotopic (exact) mass is 419 g/mol. The minimum Gasteiger partial charge on any atom is -0.321 e. The number of sulfonamides is 1. The van der Waals surface area contributed by atoms with Gasteiger partial charge in [-0.1, -0.05) is 13.3 Å². The minimum absolute atomic E-state index is 0.00284. The molecule has 1 aromatic heterocycles. The van der Waals surface area contributed by atoms with Crippen LogP contribution in [0.15, 0.2) is 52.5 Å². The van der Waals surface area contributed by atoms with E-state index in [4.69, 9.17) is 0 Å². The Kier molecular flexibility index (Phi) is 6.74. The van der Waals surface area contributed by atoms with Gasteiger partial charge in [0.05, 0.1) is 21.8 Å². The predicted molar refractivity (Wildman–Crippen MR) is 112 cm³/mol. The number of anilines is 1. The van der Waals surface area contributed by atoms with Crippen molar-refractivity contribution in [1.29, 1.82) is 0 Å². The molecule has 0 spiro atoms. The highest BCUT2D eigenvalue weighted by Gasteiger charge is 2.30. The zero-order valence-electron chi connectivity index (χ0n) is 16.1. The molecule has 1 saturated heterocycles. The molecule has 1 aromatic carbocycles. The quantitative estimate of drug-likeness (QED) is 0.716. The molecule has 8 heteroatoms. The molecule has 0 radical (unpaired) electrons. The van der Waals surface area contributed by atoms with Crippen LogP contribution in [0.3, 0.4) is 0 Å². The van der Waals surface area contributed by atoms with E-state index < -0.39 is 10.0 Å². The van der Waals surface area contributed by atoms with E-state index in [9.17, 15) is 13.2 Å². The number of hydrogen-bond acceptors (Lipinski definition) is 5. The van der Waals surface area contributed by atoms with Crippen LogP contribution in [-0.2, 0) is 10.0 Å². The molecular weight excluding hydrogens is 394 g/mol. The second-order valence-corrected chi connectivity index (χ2v) is 9.93. The van der Waals surface area contributed by atoms with Gasteiger partial charge in [0.1, 0.15) is 0 Å². The van der Waals surface area contributed by atoms with Crippen LogP contribution in [0.25, 0.3) is 0 Å². The SMILES string of the molecule is CCSc1ccc(NC(=O)c2ccc(S(=O)(=O)N3CCCCC3C)cc2)cn1. The van der Waals surface area contributed by atoms with E-state index >= 15 is 0 Å². The first-order valence-corrected chi connectivity index (χ1v) is 11.9. The van der Waals surface area contributed by atoms with E-state index in [0.29, 0.717) is 17.8 Å². The molecule has 1 aliphatic rings. The third-order valence-electron chi connectivity index (χ3n) is 4.75. The van der Waals surface area contributed by atoms with Crippen LogP contribution < -0.4 is 5.32 Å². The van der Waals surface area contributed by atoms with Crippen LogP contribution in [-0.4, -0.2) is 42.0 Å². The summed E-state index contributed by atoms with van der Waals surface area (Å²) in [4.78, 5) is 16.9. The number of piperidine rings is 1. The summed E-state index contributed by atoms with van der Waals surface area (Å²) in [7, 11) is -3.53. The lowest BCUT2D eigenvalue weighted by molar-refractivity contribution is 0.102. The van der Waals surface area contributed by atoms with Crippen molar-refractivity contribution in [2.24, 2.45) is 0 Å². The number of benzene rings is 1. The average Bonchev–Trinajstić information content (AvgIpc) is 2.70. The van der Waals surface area contributed by atoms with Crippen molar-refractivity contribution in [2.75, 3.05) is 17.6 Å². The van der Waals surface area contributed by atoms with Crippen LogP contribution in [0.1, 0.15) is 43.5 Å². The number of amides is 1. The van der Waals surface area contributed by atoms with E-state index in [1.807, 2.05) is 13.0 Å². The summed E-state index contributed by atoms with van der Waals surface area (Å²) in [5.74, 6) is 0.637. The Hall–Kier alpha value is -1.90. The molecule has 1 unspecified atom stereocenters. The number of nitrogens with one attached hydrogen (secondary N) is 1. The fourth-order valence-corrected chi connectivity index (χ4v) is 5.52. The number of rotatable bonds is 6. The summed E-state index contributed by atoms with van der Waals surface area (Å²) < 4.78 is 27.3. The van der Waals surface area contributed by atoms with E-state index in [-0.39, 0.29) is 16.8 Å². The zero-order chi connectivity index (χ0) is 20.1. The Morgan fingerprint density at radius 1 is 1.21 bits per heavy atom. The van der Waals surface area contributed by atoms with Gasteiger partial charge in [-0.25, -0.2) is 13.4 Å². The second-order valence-electron chi connectivity index (χ2n) is 6.76. The van der Waals surface area contributed by atoms with E-state index in [2.05, 4.69) is 17.2 Å². The third kappa shape index (κ3) is 4.74. The number of pyridine rings is 1. The molecule has 1 aliphatic heterocycles. The van der Waals surface area contributed by atoms with Crippen molar-refractivity contribution in [2.45, 2.75) is 49.1 Å². The maximum absolute atomic E-state index is 12.9. The highest BCUT2D eigenvalue weighted by Crippen LogP contribution is 2.25. The fourth-order valence-electron chi connectivity index (χ4n) is 3.23. The Labute approximate surface area is 170 Å². The Bertz CT molecular complexity index is 913. The highest BCUT2D eigenvalue weighted by molar-refractivity contribution is 7.99. The van der Waals surface area contributed by atoms with Gasteiger partial charge in [0, 0.05) is 18.2 Å². The smallest absolute Gasteiger partial charge is 0.255 e. The summed E-state index contributed by atoms with van der Waals surface area (Å²) in [6, 6.07) is 9.77. The van der Waals surface area contributed by atoms with Crippen molar-refractivity contribution in [3.63, 3.8) is 0 Å². The van der Waals surface area contributed by atoms with Gasteiger partial charge in [-0.2, -0.15) is 4.31 Å². The molecule has 1 N–H and O–H groups in total. The summed E-state index contributed by atoms with van der Waals surface area (Å²) in [5.41, 5.74) is 1.00. The van der Waals surface area contributed by atoms with Crippen LogP contribution in [0.5, 0.6) is 0 Å². The van der Waals surface area contributed by atoms with E-state index in [1.54, 1.807) is 40.5 Å². The third-order valence-corrected chi connectivity index (χ3v) is 7.61. The number of hydrogen-bond donors (Lipinski definition) is 1. The number of nitrogens with zero attached hydrogens (tertiary/aromatic N) is 2. The van der Waals surface area contributed by atoms with Gasteiger partial charge >= 0.3 is 0 Å². The number of carbonyl (C=O) groups is 1. The largest absolute Gasteiger partial charge is 0.321 e. The maximum Gasteiger partial charge on any atom is 0.255 e. The molecule has 1 atom stereocenters. The normalized spacial score (nSPS) is 18.0. The molecular formula is C20H25N3O3S2. The van der Waals surface area contributed by atoms with Crippen molar-refractivity contribution in [3.05, 3.63) is 48.2 Å². The second kappa shape index (κ2) is 9.07. The Balaban J connectivity index is 1.70. The van der Waals surface area contributed by atoms with Crippen molar-refractivity contribution < 1.29 is 13.2 Å². The van der Waals surface area contributed by atoms with Gasteiger partial charge in [0.15, 0.2) is 0 Å². The van der Waals surface area contributed by atoms with Gasteiger partial charge < -0.3 is 5.32 Å². The summed E-state index contributed by atoms with van der Waals surface area (Å²) >= 11 is 1.63. The topological polar surface area (TPSA) is 79.4 Å². The van der Waals surface area contributed by atoms with Gasteiger partial charge in [-0.3, -0.25) is 4.79 Å². The Morgan fingerprint density at radius 2 is 1.96 bits per heavy atom. The minimum atomic E-state index is -3.53. The lowest BCUT2D eigenvalue weighted by atomic mass is 10.1. The molecule has 150 valence electrons. The molecule has 0 aliphatic carbocycles. The number of aromatic nitrogens is 1. The summed E-state index contributed by atoms with van der Waals surface area (Å²) in [6.07, 6.45) is 4.43. The first kappa shape index (κ1) is 20.8. The lowest BCUT2D eigenvalue weighted by Crippen LogP contribution is -2.41.